The fraction of sp³-hybridized carbons (Fsp3) is 0.200. The van der Waals surface area contributed by atoms with Gasteiger partial charge in [0.25, 0.3) is 0 Å². The van der Waals surface area contributed by atoms with E-state index in [9.17, 15) is 0 Å². The van der Waals surface area contributed by atoms with E-state index >= 15 is 0 Å². The molecule has 0 atom stereocenters. The minimum absolute atomic E-state index is 1.05. The summed E-state index contributed by atoms with van der Waals surface area (Å²) in [7, 11) is 0. The van der Waals surface area contributed by atoms with Crippen LogP contribution in [-0.2, 0) is 12.8 Å². The van der Waals surface area contributed by atoms with Gasteiger partial charge in [-0.2, -0.15) is 0 Å². The van der Waals surface area contributed by atoms with Crippen LogP contribution in [0.25, 0.3) is 0 Å². The second kappa shape index (κ2) is 3.27. The van der Waals surface area contributed by atoms with Crippen molar-refractivity contribution in [1.82, 2.24) is 0 Å². The third-order valence-electron chi connectivity index (χ3n) is 3.35. The zero-order valence-electron chi connectivity index (χ0n) is 9.40. The second-order valence-electron chi connectivity index (χ2n) is 4.55. The summed E-state index contributed by atoms with van der Waals surface area (Å²) in [4.78, 5) is 0. The normalized spacial score (nSPS) is 13.2. The van der Waals surface area contributed by atoms with Crippen LogP contribution in [0, 0.1) is 0 Å². The molecule has 2 aromatic carbocycles. The molecule has 2 aliphatic heterocycles. The first-order valence-corrected chi connectivity index (χ1v) is 6.01. The summed E-state index contributed by atoms with van der Waals surface area (Å²) in [5, 5.41) is 0. The van der Waals surface area contributed by atoms with Gasteiger partial charge in [0.05, 0.1) is 0 Å². The largest absolute Gasteiger partial charge is 0.449 e. The first kappa shape index (κ1) is 9.11. The monoisotopic (exact) mass is 224 g/mol. The molecular formula is C15H12O2. The van der Waals surface area contributed by atoms with Gasteiger partial charge in [-0.05, 0) is 42.5 Å². The maximum Gasteiger partial charge on any atom is 0.173 e. The van der Waals surface area contributed by atoms with E-state index in [1.807, 2.05) is 12.1 Å². The molecule has 0 unspecified atom stereocenters. The number of fused-ring (bicyclic) bond motifs is 2. The van der Waals surface area contributed by atoms with Crippen molar-refractivity contribution in [3.8, 4) is 23.0 Å². The third-order valence-corrected chi connectivity index (χ3v) is 3.35. The third kappa shape index (κ3) is 1.57. The average molecular weight is 224 g/mol. The lowest BCUT2D eigenvalue weighted by atomic mass is 10.0. The minimum atomic E-state index is 1.05. The van der Waals surface area contributed by atoms with Gasteiger partial charge < -0.3 is 9.47 Å². The van der Waals surface area contributed by atoms with Crippen LogP contribution in [0.2, 0.25) is 0 Å². The molecule has 2 nitrogen and oxygen atoms in total. The van der Waals surface area contributed by atoms with E-state index in [0.29, 0.717) is 0 Å². The maximum atomic E-state index is 5.38. The molecule has 2 aliphatic rings. The Morgan fingerprint density at radius 2 is 1.24 bits per heavy atom. The van der Waals surface area contributed by atoms with Crippen molar-refractivity contribution < 1.29 is 9.47 Å². The number of ether oxygens (including phenoxy) is 2. The number of hydrogen-bond donors (Lipinski definition) is 0. The molecule has 0 aliphatic carbocycles. The van der Waals surface area contributed by atoms with Crippen LogP contribution in [0.4, 0.5) is 0 Å². The Labute approximate surface area is 99.8 Å². The maximum absolute atomic E-state index is 5.38. The summed E-state index contributed by atoms with van der Waals surface area (Å²) in [6, 6.07) is 12.5. The Hall–Kier alpha value is -1.96. The van der Waals surface area contributed by atoms with Gasteiger partial charge in [-0.25, -0.2) is 0 Å². The summed E-state index contributed by atoms with van der Waals surface area (Å²) in [5.41, 5.74) is 2.67. The lowest BCUT2D eigenvalue weighted by Crippen LogP contribution is -1.87. The molecule has 0 saturated carbocycles. The molecule has 0 radical (unpaired) electrons. The highest BCUT2D eigenvalue weighted by molar-refractivity contribution is 5.60. The van der Waals surface area contributed by atoms with E-state index in [2.05, 4.69) is 24.3 Å². The summed E-state index contributed by atoms with van der Waals surface area (Å²) in [6.45, 7) is 0. The topological polar surface area (TPSA) is 25.1 Å². The minimum Gasteiger partial charge on any atom is -0.449 e. The predicted octanol–water partition coefficient (Wildman–Crippen LogP) is 4.07. The molecule has 4 rings (SSSR count). The van der Waals surface area contributed by atoms with E-state index < -0.39 is 0 Å². The molecule has 0 aromatic heterocycles. The Bertz CT molecular complexity index is 548. The van der Waals surface area contributed by atoms with Crippen LogP contribution in [0.3, 0.4) is 0 Å². The molecule has 0 amide bonds. The van der Waals surface area contributed by atoms with Gasteiger partial charge in [0.2, 0.25) is 0 Å². The van der Waals surface area contributed by atoms with E-state index in [0.717, 1.165) is 42.3 Å². The molecule has 0 N–H and O–H groups in total. The molecule has 0 spiro atoms. The molecule has 2 heterocycles. The van der Waals surface area contributed by atoms with E-state index in [-0.39, 0.29) is 0 Å². The Morgan fingerprint density at radius 3 is 1.76 bits per heavy atom. The van der Waals surface area contributed by atoms with Crippen molar-refractivity contribution >= 4 is 0 Å². The summed E-state index contributed by atoms with van der Waals surface area (Å²) in [5.74, 6) is 4.32. The van der Waals surface area contributed by atoms with Crippen molar-refractivity contribution in [2.24, 2.45) is 0 Å². The van der Waals surface area contributed by atoms with Crippen molar-refractivity contribution in [1.29, 1.82) is 0 Å². The van der Waals surface area contributed by atoms with Crippen LogP contribution in [0.1, 0.15) is 17.5 Å². The molecule has 2 aromatic rings. The van der Waals surface area contributed by atoms with Gasteiger partial charge in [0, 0.05) is 0 Å². The highest BCUT2D eigenvalue weighted by atomic mass is 16.6. The van der Waals surface area contributed by atoms with Gasteiger partial charge in [0.1, 0.15) is 0 Å². The highest BCUT2D eigenvalue weighted by Crippen LogP contribution is 2.49. The molecule has 84 valence electrons. The highest BCUT2D eigenvalue weighted by Gasteiger charge is 2.25. The number of para-hydroxylation sites is 2. The molecule has 0 saturated heterocycles. The summed E-state index contributed by atoms with van der Waals surface area (Å²) < 4.78 is 10.8. The van der Waals surface area contributed by atoms with Gasteiger partial charge in [-0.15, -0.1) is 0 Å². The zero-order chi connectivity index (χ0) is 11.2. The number of aryl methyl sites for hydroxylation is 2. The molecule has 0 fully saturated rings. The fourth-order valence-corrected chi connectivity index (χ4v) is 2.35. The number of rotatable bonds is 4. The second-order valence-corrected chi connectivity index (χ2v) is 4.55. The first-order chi connectivity index (χ1) is 8.42. The van der Waals surface area contributed by atoms with Crippen molar-refractivity contribution in [2.75, 3.05) is 0 Å². The summed E-state index contributed by atoms with van der Waals surface area (Å²) in [6.07, 6.45) is 3.29. The zero-order valence-corrected chi connectivity index (χ0v) is 9.40. The first-order valence-electron chi connectivity index (χ1n) is 6.01. The number of benzene rings is 2. The van der Waals surface area contributed by atoms with Crippen LogP contribution >= 0.6 is 0 Å². The Kier molecular flexibility index (Phi) is 1.75. The predicted molar refractivity (Wildman–Crippen MR) is 65.1 cm³/mol. The summed E-state index contributed by atoms with van der Waals surface area (Å²) >= 11 is 0. The van der Waals surface area contributed by atoms with E-state index in [1.54, 1.807) is 0 Å². The Morgan fingerprint density at radius 1 is 0.706 bits per heavy atom. The quantitative estimate of drug-likeness (QED) is 0.488. The number of hydrogen-bond acceptors (Lipinski definition) is 2. The van der Waals surface area contributed by atoms with Gasteiger partial charge in [-0.1, -0.05) is 24.3 Å². The van der Waals surface area contributed by atoms with Crippen molar-refractivity contribution in [2.45, 2.75) is 19.3 Å². The Balaban J connectivity index is 1.41. The van der Waals surface area contributed by atoms with Crippen molar-refractivity contribution in [3.63, 3.8) is 0 Å². The molecular weight excluding hydrogens is 212 g/mol. The van der Waals surface area contributed by atoms with Gasteiger partial charge in [0.15, 0.2) is 23.0 Å². The standard InChI is InChI=1S/C15H12O2/c1(4-10-6-2-8-12-14(10)16-12)5-11-7-3-9-13-15(11)17-13/h2-3,6-9H,1,4-5H2. The lowest BCUT2D eigenvalue weighted by molar-refractivity contribution is 0.635. The smallest absolute Gasteiger partial charge is 0.173 e. The van der Waals surface area contributed by atoms with Gasteiger partial charge in [-0.3, -0.25) is 0 Å². The van der Waals surface area contributed by atoms with Crippen LogP contribution < -0.4 is 9.47 Å². The lowest BCUT2D eigenvalue weighted by Gasteiger charge is -1.99. The van der Waals surface area contributed by atoms with Crippen LogP contribution in [0.5, 0.6) is 23.0 Å². The van der Waals surface area contributed by atoms with Crippen molar-refractivity contribution in [3.05, 3.63) is 47.5 Å². The molecule has 17 heavy (non-hydrogen) atoms. The SMILES string of the molecule is c1cc(CCCc2cccc3c2O3)c2c(c1)O2. The average Bonchev–Trinajstić information content (AvgIpc) is 3.22. The van der Waals surface area contributed by atoms with E-state index in [1.165, 1.54) is 11.1 Å². The van der Waals surface area contributed by atoms with Crippen LogP contribution in [0.15, 0.2) is 36.4 Å². The van der Waals surface area contributed by atoms with Crippen LogP contribution in [-0.4, -0.2) is 0 Å². The molecule has 0 bridgehead atoms. The van der Waals surface area contributed by atoms with E-state index in [4.69, 9.17) is 9.47 Å². The molecule has 2 heteroatoms. The fourth-order valence-electron chi connectivity index (χ4n) is 2.35. The van der Waals surface area contributed by atoms with Gasteiger partial charge >= 0.3 is 0 Å².